The summed E-state index contributed by atoms with van der Waals surface area (Å²) >= 11 is 7.09. The van der Waals surface area contributed by atoms with E-state index in [1.165, 1.54) is 11.3 Å². The van der Waals surface area contributed by atoms with Crippen molar-refractivity contribution in [2.24, 2.45) is 0 Å². The fourth-order valence-corrected chi connectivity index (χ4v) is 2.39. The Morgan fingerprint density at radius 1 is 1.57 bits per heavy atom. The molecule has 0 radical (unpaired) electrons. The number of thiazole rings is 1. The molecule has 6 heteroatoms. The molecule has 0 amide bonds. The Hall–Kier alpha value is -0.360. The zero-order chi connectivity index (χ0) is 10.1. The van der Waals surface area contributed by atoms with Crippen LogP contribution < -0.4 is 5.32 Å². The van der Waals surface area contributed by atoms with Crippen LogP contribution in [0.4, 0.5) is 5.13 Å². The first kappa shape index (κ1) is 10.2. The standard InChI is InChI=1S/C8H11ClN2O2S/c9-7-6(3-12)14-8(11-7)10-4-1-2-5(4)13/h4-5,12-13H,1-3H2,(H,10,11)/t4-,5-/m1/s1. The predicted octanol–water partition coefficient (Wildman–Crippen LogP) is 1.22. The lowest BCUT2D eigenvalue weighted by Crippen LogP contribution is -2.42. The lowest BCUT2D eigenvalue weighted by atomic mass is 9.89. The Labute approximate surface area is 90.6 Å². The number of aliphatic hydroxyl groups excluding tert-OH is 2. The van der Waals surface area contributed by atoms with Crippen molar-refractivity contribution < 1.29 is 10.2 Å². The summed E-state index contributed by atoms with van der Waals surface area (Å²) in [6.07, 6.45) is 1.51. The van der Waals surface area contributed by atoms with Crippen molar-refractivity contribution in [1.29, 1.82) is 0 Å². The molecule has 0 bridgehead atoms. The van der Waals surface area contributed by atoms with Gasteiger partial charge in [0.1, 0.15) is 5.15 Å². The van der Waals surface area contributed by atoms with Crippen molar-refractivity contribution in [3.8, 4) is 0 Å². The van der Waals surface area contributed by atoms with Crippen molar-refractivity contribution >= 4 is 28.1 Å². The van der Waals surface area contributed by atoms with Gasteiger partial charge >= 0.3 is 0 Å². The molecule has 3 N–H and O–H groups in total. The number of anilines is 1. The number of hydrogen-bond acceptors (Lipinski definition) is 5. The zero-order valence-corrected chi connectivity index (χ0v) is 8.98. The SMILES string of the molecule is OCc1sc(N[C@@H]2CC[C@H]2O)nc1Cl. The summed E-state index contributed by atoms with van der Waals surface area (Å²) in [6, 6.07) is 0.0868. The van der Waals surface area contributed by atoms with Crippen LogP contribution in [-0.2, 0) is 6.61 Å². The van der Waals surface area contributed by atoms with Gasteiger partial charge in [-0.05, 0) is 12.8 Å². The van der Waals surface area contributed by atoms with Crippen LogP contribution in [0.25, 0.3) is 0 Å². The van der Waals surface area contributed by atoms with Gasteiger partial charge in [-0.3, -0.25) is 0 Å². The maximum Gasteiger partial charge on any atom is 0.184 e. The second-order valence-corrected chi connectivity index (χ2v) is 4.73. The van der Waals surface area contributed by atoms with Gasteiger partial charge in [-0.1, -0.05) is 22.9 Å². The summed E-state index contributed by atoms with van der Waals surface area (Å²) in [6.45, 7) is -0.0919. The van der Waals surface area contributed by atoms with Gasteiger partial charge < -0.3 is 15.5 Å². The molecule has 0 aromatic carbocycles. The van der Waals surface area contributed by atoms with E-state index < -0.39 is 0 Å². The molecule has 0 aliphatic heterocycles. The van der Waals surface area contributed by atoms with E-state index in [2.05, 4.69) is 10.3 Å². The molecule has 14 heavy (non-hydrogen) atoms. The number of hydrogen-bond donors (Lipinski definition) is 3. The van der Waals surface area contributed by atoms with Crippen molar-refractivity contribution in [2.45, 2.75) is 31.6 Å². The third-order valence-corrected chi connectivity index (χ3v) is 3.74. The molecule has 0 spiro atoms. The van der Waals surface area contributed by atoms with Crippen LogP contribution >= 0.6 is 22.9 Å². The first-order valence-corrected chi connectivity index (χ1v) is 5.61. The van der Waals surface area contributed by atoms with Crippen LogP contribution in [-0.4, -0.2) is 27.3 Å². The van der Waals surface area contributed by atoms with Crippen LogP contribution in [0, 0.1) is 0 Å². The maximum absolute atomic E-state index is 9.33. The van der Waals surface area contributed by atoms with Crippen LogP contribution in [0.5, 0.6) is 0 Å². The minimum absolute atomic E-state index is 0.0868. The van der Waals surface area contributed by atoms with Crippen LogP contribution in [0.15, 0.2) is 0 Å². The molecule has 2 atom stereocenters. The number of halogens is 1. The number of nitrogens with zero attached hydrogens (tertiary/aromatic N) is 1. The van der Waals surface area contributed by atoms with Gasteiger partial charge in [-0.15, -0.1) is 0 Å². The van der Waals surface area contributed by atoms with Crippen LogP contribution in [0.1, 0.15) is 17.7 Å². The highest BCUT2D eigenvalue weighted by atomic mass is 35.5. The molecule has 78 valence electrons. The average molecular weight is 235 g/mol. The van der Waals surface area contributed by atoms with E-state index in [0.717, 1.165) is 12.8 Å². The molecule has 0 unspecified atom stereocenters. The van der Waals surface area contributed by atoms with E-state index >= 15 is 0 Å². The van der Waals surface area contributed by atoms with Crippen LogP contribution in [0.2, 0.25) is 5.15 Å². The summed E-state index contributed by atoms with van der Waals surface area (Å²) in [5.74, 6) is 0. The van der Waals surface area contributed by atoms with E-state index in [9.17, 15) is 5.11 Å². The zero-order valence-electron chi connectivity index (χ0n) is 7.40. The Morgan fingerprint density at radius 2 is 2.36 bits per heavy atom. The first-order valence-electron chi connectivity index (χ1n) is 4.41. The first-order chi connectivity index (χ1) is 6.70. The third kappa shape index (κ3) is 1.86. The van der Waals surface area contributed by atoms with Gasteiger partial charge in [0, 0.05) is 0 Å². The highest BCUT2D eigenvalue weighted by Crippen LogP contribution is 2.30. The largest absolute Gasteiger partial charge is 0.391 e. The summed E-state index contributed by atoms with van der Waals surface area (Å²) in [7, 11) is 0. The van der Waals surface area contributed by atoms with Crippen molar-refractivity contribution in [3.63, 3.8) is 0 Å². The minimum Gasteiger partial charge on any atom is -0.391 e. The molecular formula is C8H11ClN2O2S. The fourth-order valence-electron chi connectivity index (χ4n) is 1.30. The molecular weight excluding hydrogens is 224 g/mol. The van der Waals surface area contributed by atoms with E-state index in [4.69, 9.17) is 16.7 Å². The summed E-state index contributed by atoms with van der Waals surface area (Å²) in [5, 5.41) is 22.3. The molecule has 2 rings (SSSR count). The van der Waals surface area contributed by atoms with Gasteiger partial charge in [-0.2, -0.15) is 0 Å². The molecule has 1 heterocycles. The van der Waals surface area contributed by atoms with E-state index in [0.29, 0.717) is 15.2 Å². The highest BCUT2D eigenvalue weighted by molar-refractivity contribution is 7.16. The van der Waals surface area contributed by atoms with Crippen molar-refractivity contribution in [1.82, 2.24) is 4.98 Å². The molecule has 4 nitrogen and oxygen atoms in total. The number of aliphatic hydroxyl groups is 2. The third-order valence-electron chi connectivity index (χ3n) is 2.34. The van der Waals surface area contributed by atoms with E-state index in [1.54, 1.807) is 0 Å². The molecule has 0 saturated heterocycles. The number of nitrogens with one attached hydrogen (secondary N) is 1. The Balaban J connectivity index is 2.02. The normalized spacial score (nSPS) is 25.9. The van der Waals surface area contributed by atoms with Gasteiger partial charge in [-0.25, -0.2) is 4.98 Å². The second kappa shape index (κ2) is 4.02. The molecule has 1 fully saturated rings. The van der Waals surface area contributed by atoms with Gasteiger partial charge in [0.15, 0.2) is 5.13 Å². The Morgan fingerprint density at radius 3 is 2.79 bits per heavy atom. The molecule has 1 aromatic rings. The predicted molar refractivity (Wildman–Crippen MR) is 55.7 cm³/mol. The monoisotopic (exact) mass is 234 g/mol. The second-order valence-electron chi connectivity index (χ2n) is 3.29. The summed E-state index contributed by atoms with van der Waals surface area (Å²) < 4.78 is 0. The smallest absolute Gasteiger partial charge is 0.184 e. The summed E-state index contributed by atoms with van der Waals surface area (Å²) in [5.41, 5.74) is 0. The Kier molecular flexibility index (Phi) is 2.92. The van der Waals surface area contributed by atoms with Crippen LogP contribution in [0.3, 0.4) is 0 Å². The molecule has 1 aliphatic rings. The minimum atomic E-state index is -0.282. The summed E-state index contributed by atoms with van der Waals surface area (Å²) in [4.78, 5) is 4.69. The lowest BCUT2D eigenvalue weighted by molar-refractivity contribution is 0.0786. The quantitative estimate of drug-likeness (QED) is 0.736. The topological polar surface area (TPSA) is 65.4 Å². The number of rotatable bonds is 3. The lowest BCUT2D eigenvalue weighted by Gasteiger charge is -2.32. The van der Waals surface area contributed by atoms with E-state index in [-0.39, 0.29) is 18.8 Å². The van der Waals surface area contributed by atoms with Crippen molar-refractivity contribution in [2.75, 3.05) is 5.32 Å². The molecule has 1 aromatic heterocycles. The maximum atomic E-state index is 9.33. The van der Waals surface area contributed by atoms with Gasteiger partial charge in [0.2, 0.25) is 0 Å². The van der Waals surface area contributed by atoms with Gasteiger partial charge in [0.05, 0.1) is 23.6 Å². The fraction of sp³-hybridized carbons (Fsp3) is 0.625. The van der Waals surface area contributed by atoms with Gasteiger partial charge in [0.25, 0.3) is 0 Å². The molecule has 1 aliphatic carbocycles. The number of aromatic nitrogens is 1. The average Bonchev–Trinajstić information content (AvgIpc) is 2.53. The van der Waals surface area contributed by atoms with Crippen molar-refractivity contribution in [3.05, 3.63) is 10.0 Å². The molecule has 1 saturated carbocycles. The highest BCUT2D eigenvalue weighted by Gasteiger charge is 2.29. The van der Waals surface area contributed by atoms with E-state index in [1.807, 2.05) is 0 Å². The Bertz CT molecular complexity index is 331.